The van der Waals surface area contributed by atoms with Crippen LogP contribution in [-0.2, 0) is 11.2 Å². The van der Waals surface area contributed by atoms with Crippen molar-refractivity contribution in [1.82, 2.24) is 10.3 Å². The van der Waals surface area contributed by atoms with Gasteiger partial charge in [-0.05, 0) is 25.1 Å². The molecule has 1 amide bonds. The van der Waals surface area contributed by atoms with E-state index in [9.17, 15) is 9.59 Å². The zero-order valence-electron chi connectivity index (χ0n) is 12.6. The highest BCUT2D eigenvalue weighted by molar-refractivity contribution is 7.09. The maximum absolute atomic E-state index is 12.0. The number of carboxylic acid groups (broad SMARTS) is 1. The molecule has 6 nitrogen and oxygen atoms in total. The molecule has 2 aromatic rings. The van der Waals surface area contributed by atoms with Gasteiger partial charge in [-0.3, -0.25) is 4.79 Å². The number of nitrogens with one attached hydrogen (secondary N) is 1. The number of amides is 1. The van der Waals surface area contributed by atoms with E-state index in [1.807, 2.05) is 0 Å². The van der Waals surface area contributed by atoms with Crippen molar-refractivity contribution in [1.29, 1.82) is 0 Å². The summed E-state index contributed by atoms with van der Waals surface area (Å²) in [5.41, 5.74) is 0.00964. The average molecular weight is 389 g/mol. The van der Waals surface area contributed by atoms with E-state index < -0.39 is 12.1 Å². The molecule has 1 atom stereocenters. The standard InChI is InChI=1S/C15H14Cl2N2O4S/c1-8(23-12-3-2-9(16)6-10(12)17)14(20)18-5-4-13-19-11(7-24-13)15(21)22/h2-3,6-8H,4-5H2,1H3,(H,18,20)(H,21,22). The van der Waals surface area contributed by atoms with Crippen LogP contribution in [0, 0.1) is 0 Å². The van der Waals surface area contributed by atoms with Crippen LogP contribution in [0.4, 0.5) is 0 Å². The molecule has 1 heterocycles. The molecule has 9 heteroatoms. The Hall–Kier alpha value is -1.83. The quantitative estimate of drug-likeness (QED) is 0.759. The highest BCUT2D eigenvalue weighted by atomic mass is 35.5. The van der Waals surface area contributed by atoms with Crippen molar-refractivity contribution in [2.24, 2.45) is 0 Å². The molecule has 0 bridgehead atoms. The molecule has 128 valence electrons. The summed E-state index contributed by atoms with van der Waals surface area (Å²) in [6.07, 6.45) is -0.299. The van der Waals surface area contributed by atoms with E-state index in [2.05, 4.69) is 10.3 Å². The van der Waals surface area contributed by atoms with Gasteiger partial charge in [0.25, 0.3) is 5.91 Å². The molecule has 1 unspecified atom stereocenters. The van der Waals surface area contributed by atoms with Gasteiger partial charge in [-0.25, -0.2) is 9.78 Å². The zero-order chi connectivity index (χ0) is 17.7. The number of hydrogen-bond acceptors (Lipinski definition) is 5. The fourth-order valence-electron chi connectivity index (χ4n) is 1.78. The smallest absolute Gasteiger partial charge is 0.355 e. The Labute approximate surface area is 152 Å². The molecular formula is C15H14Cl2N2O4S. The third-order valence-corrected chi connectivity index (χ3v) is 4.41. The number of aromatic carboxylic acids is 1. The molecule has 24 heavy (non-hydrogen) atoms. The summed E-state index contributed by atoms with van der Waals surface area (Å²) in [6.45, 7) is 1.93. The maximum atomic E-state index is 12.0. The Balaban J connectivity index is 1.81. The van der Waals surface area contributed by atoms with E-state index in [4.69, 9.17) is 33.0 Å². The minimum atomic E-state index is -1.07. The van der Waals surface area contributed by atoms with Crippen LogP contribution in [0.2, 0.25) is 10.0 Å². The Kier molecular flexibility index (Phi) is 6.42. The van der Waals surface area contributed by atoms with Crippen LogP contribution in [0.5, 0.6) is 5.75 Å². The second-order valence-corrected chi connectivity index (χ2v) is 6.59. The number of halogens is 2. The van der Waals surface area contributed by atoms with Crippen LogP contribution >= 0.6 is 34.5 Å². The molecule has 1 aromatic carbocycles. The largest absolute Gasteiger partial charge is 0.479 e. The second-order valence-electron chi connectivity index (χ2n) is 4.81. The summed E-state index contributed by atoms with van der Waals surface area (Å²) in [5, 5.41) is 14.4. The predicted octanol–water partition coefficient (Wildman–Crippen LogP) is 3.27. The summed E-state index contributed by atoms with van der Waals surface area (Å²) < 4.78 is 5.51. The first-order valence-corrected chi connectivity index (χ1v) is 8.57. The number of carbonyl (C=O) groups excluding carboxylic acids is 1. The molecule has 0 aliphatic rings. The van der Waals surface area contributed by atoms with Crippen molar-refractivity contribution in [3.05, 3.63) is 44.3 Å². The lowest BCUT2D eigenvalue weighted by molar-refractivity contribution is -0.127. The highest BCUT2D eigenvalue weighted by Crippen LogP contribution is 2.28. The minimum absolute atomic E-state index is 0.00964. The summed E-state index contributed by atoms with van der Waals surface area (Å²) in [6, 6.07) is 4.75. The summed E-state index contributed by atoms with van der Waals surface area (Å²) in [7, 11) is 0. The monoisotopic (exact) mass is 388 g/mol. The van der Waals surface area contributed by atoms with E-state index in [1.165, 1.54) is 22.8 Å². The lowest BCUT2D eigenvalue weighted by atomic mass is 10.3. The summed E-state index contributed by atoms with van der Waals surface area (Å²) in [4.78, 5) is 26.7. The van der Waals surface area contributed by atoms with Gasteiger partial charge in [-0.2, -0.15) is 0 Å². The van der Waals surface area contributed by atoms with Gasteiger partial charge < -0.3 is 15.2 Å². The first-order valence-electron chi connectivity index (χ1n) is 6.94. The number of carboxylic acids is 1. The fourth-order valence-corrected chi connectivity index (χ4v) is 3.00. The first-order chi connectivity index (χ1) is 11.4. The SMILES string of the molecule is CC(Oc1ccc(Cl)cc1Cl)C(=O)NCCc1nc(C(=O)O)cs1. The predicted molar refractivity (Wildman–Crippen MR) is 92.3 cm³/mol. The Morgan fingerprint density at radius 2 is 2.17 bits per heavy atom. The third-order valence-electron chi connectivity index (χ3n) is 2.98. The third kappa shape index (κ3) is 5.09. The number of rotatable bonds is 7. The lowest BCUT2D eigenvalue weighted by Crippen LogP contribution is -2.37. The van der Waals surface area contributed by atoms with Gasteiger partial charge in [-0.1, -0.05) is 23.2 Å². The number of hydrogen-bond donors (Lipinski definition) is 2. The van der Waals surface area contributed by atoms with Gasteiger partial charge in [0.15, 0.2) is 11.8 Å². The number of nitrogens with zero attached hydrogens (tertiary/aromatic N) is 1. The summed E-state index contributed by atoms with van der Waals surface area (Å²) in [5.74, 6) is -1.01. The molecule has 0 spiro atoms. The van der Waals surface area contributed by atoms with E-state index in [0.717, 1.165) is 0 Å². The minimum Gasteiger partial charge on any atom is -0.479 e. The fraction of sp³-hybridized carbons (Fsp3) is 0.267. The van der Waals surface area contributed by atoms with Gasteiger partial charge >= 0.3 is 5.97 Å². The molecule has 0 saturated carbocycles. The molecule has 0 radical (unpaired) electrons. The van der Waals surface area contributed by atoms with E-state index in [-0.39, 0.29) is 11.6 Å². The van der Waals surface area contributed by atoms with Crippen LogP contribution in [0.15, 0.2) is 23.6 Å². The molecule has 2 rings (SSSR count). The van der Waals surface area contributed by atoms with Gasteiger partial charge in [0.1, 0.15) is 5.75 Å². The second kappa shape index (κ2) is 8.32. The van der Waals surface area contributed by atoms with Gasteiger partial charge in [0.05, 0.1) is 10.0 Å². The van der Waals surface area contributed by atoms with Crippen LogP contribution in [0.3, 0.4) is 0 Å². The Morgan fingerprint density at radius 3 is 2.79 bits per heavy atom. The molecule has 0 aliphatic heterocycles. The average Bonchev–Trinajstić information content (AvgIpc) is 2.99. The molecule has 0 fully saturated rings. The van der Waals surface area contributed by atoms with Gasteiger partial charge in [0, 0.05) is 23.4 Å². The number of aromatic nitrogens is 1. The number of benzene rings is 1. The van der Waals surface area contributed by atoms with Crippen molar-refractivity contribution in [3.63, 3.8) is 0 Å². The number of carbonyl (C=O) groups is 2. The van der Waals surface area contributed by atoms with Crippen molar-refractivity contribution >= 4 is 46.4 Å². The van der Waals surface area contributed by atoms with Crippen LogP contribution in [0.1, 0.15) is 22.4 Å². The van der Waals surface area contributed by atoms with Crippen molar-refractivity contribution in [3.8, 4) is 5.75 Å². The Bertz CT molecular complexity index is 751. The van der Waals surface area contributed by atoms with Crippen LogP contribution in [-0.4, -0.2) is 34.6 Å². The van der Waals surface area contributed by atoms with Crippen LogP contribution < -0.4 is 10.1 Å². The molecule has 0 aliphatic carbocycles. The topological polar surface area (TPSA) is 88.5 Å². The van der Waals surface area contributed by atoms with Crippen molar-refractivity contribution in [2.45, 2.75) is 19.4 Å². The summed E-state index contributed by atoms with van der Waals surface area (Å²) >= 11 is 13.0. The maximum Gasteiger partial charge on any atom is 0.355 e. The first kappa shape index (κ1) is 18.5. The van der Waals surface area contributed by atoms with Crippen molar-refractivity contribution in [2.75, 3.05) is 6.54 Å². The van der Waals surface area contributed by atoms with Crippen molar-refractivity contribution < 1.29 is 19.4 Å². The molecule has 2 N–H and O–H groups in total. The van der Waals surface area contributed by atoms with Gasteiger partial charge in [-0.15, -0.1) is 11.3 Å². The number of ether oxygens (including phenoxy) is 1. The normalized spacial score (nSPS) is 11.8. The van der Waals surface area contributed by atoms with Crippen LogP contribution in [0.25, 0.3) is 0 Å². The zero-order valence-corrected chi connectivity index (χ0v) is 14.9. The molecular weight excluding hydrogens is 375 g/mol. The lowest BCUT2D eigenvalue weighted by Gasteiger charge is -2.15. The highest BCUT2D eigenvalue weighted by Gasteiger charge is 2.16. The number of thiazole rings is 1. The van der Waals surface area contributed by atoms with E-state index >= 15 is 0 Å². The van der Waals surface area contributed by atoms with Gasteiger partial charge in [0.2, 0.25) is 0 Å². The molecule has 1 aromatic heterocycles. The Morgan fingerprint density at radius 1 is 1.42 bits per heavy atom. The van der Waals surface area contributed by atoms with E-state index in [1.54, 1.807) is 19.1 Å². The molecule has 0 saturated heterocycles. The van der Waals surface area contributed by atoms with E-state index in [0.29, 0.717) is 33.8 Å².